The Morgan fingerprint density at radius 2 is 1.62 bits per heavy atom. The van der Waals surface area contributed by atoms with Crippen molar-refractivity contribution in [3.8, 4) is 11.1 Å². The van der Waals surface area contributed by atoms with Crippen LogP contribution in [0.5, 0.6) is 0 Å². The lowest BCUT2D eigenvalue weighted by molar-refractivity contribution is -0.248. The molecular formula is C62H76N12O9S. The zero-order valence-corrected chi connectivity index (χ0v) is 49.4. The van der Waals surface area contributed by atoms with Gasteiger partial charge < -0.3 is 51.8 Å². The number of hydrogen-bond acceptors (Lipinski definition) is 14. The van der Waals surface area contributed by atoms with Crippen LogP contribution in [0.1, 0.15) is 122 Å². The lowest BCUT2D eigenvalue weighted by Gasteiger charge is -2.69. The highest BCUT2D eigenvalue weighted by molar-refractivity contribution is 7.22. The number of carbonyl (C=O) groups excluding carboxylic acids is 5. The number of likely N-dealkylation sites (N-methyl/N-ethyl adjacent to an activating group) is 1. The first-order valence-electron chi connectivity index (χ1n) is 28.8. The van der Waals surface area contributed by atoms with Crippen LogP contribution in [-0.4, -0.2) is 117 Å². The number of fused-ring (bicyclic) bond motifs is 2. The lowest BCUT2D eigenvalue weighted by atomic mass is 9.39. The molecule has 3 aromatic carbocycles. The predicted octanol–water partition coefficient (Wildman–Crippen LogP) is 8.64. The molecule has 0 radical (unpaired) electrons. The second kappa shape index (κ2) is 24.0. The molecule has 444 valence electrons. The maximum atomic E-state index is 13.8. The van der Waals surface area contributed by atoms with Gasteiger partial charge in [0.25, 0.3) is 5.91 Å². The maximum absolute atomic E-state index is 13.8. The quantitative estimate of drug-likeness (QED) is 0.0313. The first kappa shape index (κ1) is 59.2. The average Bonchev–Trinajstić information content (AvgIpc) is 0.957. The van der Waals surface area contributed by atoms with E-state index in [2.05, 4.69) is 40.1 Å². The molecule has 9 N–H and O–H groups in total. The number of carbonyl (C=O) groups is 6. The van der Waals surface area contributed by atoms with Crippen LogP contribution in [0.2, 0.25) is 0 Å². The summed E-state index contributed by atoms with van der Waals surface area (Å²) in [5.41, 5.74) is 17.2. The number of benzene rings is 3. The maximum Gasteiger partial charge on any atom is 0.409 e. The molecule has 3 aromatic heterocycles. The summed E-state index contributed by atoms with van der Waals surface area (Å²) in [6.45, 7) is 12.9. The van der Waals surface area contributed by atoms with E-state index in [-0.39, 0.29) is 53.3 Å². The largest absolute Gasteiger partial charge is 0.476 e. The predicted molar refractivity (Wildman–Crippen MR) is 320 cm³/mol. The Balaban J connectivity index is 0.747. The number of amides is 6. The van der Waals surface area contributed by atoms with Gasteiger partial charge in [-0.3, -0.25) is 24.4 Å². The summed E-state index contributed by atoms with van der Waals surface area (Å²) in [6, 6.07) is 21.6. The molecule has 22 heteroatoms. The van der Waals surface area contributed by atoms with Gasteiger partial charge in [-0.05, 0) is 146 Å². The number of para-hydroxylation sites is 1. The van der Waals surface area contributed by atoms with Crippen LogP contribution in [0.4, 0.5) is 26.2 Å². The average molecular weight is 1170 g/mol. The van der Waals surface area contributed by atoms with Gasteiger partial charge in [0.05, 0.1) is 34.7 Å². The van der Waals surface area contributed by atoms with Crippen molar-refractivity contribution < 1.29 is 43.3 Å². The van der Waals surface area contributed by atoms with E-state index in [0.717, 1.165) is 65.6 Å². The Kier molecular flexibility index (Phi) is 16.9. The normalized spacial score (nSPS) is 22.0. The number of pyridine rings is 1. The summed E-state index contributed by atoms with van der Waals surface area (Å²) in [7, 11) is 1.69. The van der Waals surface area contributed by atoms with Gasteiger partial charge in [-0.1, -0.05) is 75.4 Å². The Labute approximate surface area is 492 Å². The third-order valence-corrected chi connectivity index (χ3v) is 18.3. The van der Waals surface area contributed by atoms with Crippen molar-refractivity contribution >= 4 is 74.0 Å². The fraction of sp³-hybridized carbons (Fsp3) is 0.468. The Hall–Kier alpha value is -7.95. The van der Waals surface area contributed by atoms with E-state index in [1.165, 1.54) is 16.2 Å². The first-order chi connectivity index (χ1) is 40.0. The molecule has 6 aromatic rings. The fourth-order valence-electron chi connectivity index (χ4n) is 14.4. The number of anilines is 3. The number of carboxylic acids is 1. The number of aromatic nitrogens is 4. The van der Waals surface area contributed by atoms with E-state index in [9.17, 15) is 33.9 Å². The third kappa shape index (κ3) is 13.0. The molecule has 4 aliphatic carbocycles. The van der Waals surface area contributed by atoms with E-state index in [4.69, 9.17) is 31.0 Å². The monoisotopic (exact) mass is 1160 g/mol. The van der Waals surface area contributed by atoms with Crippen LogP contribution < -0.4 is 37.6 Å². The van der Waals surface area contributed by atoms with Crippen LogP contribution in [0.15, 0.2) is 85.1 Å². The standard InChI is InChI=1S/C62H76N12O9S/c1-37(2)50(63)54(77)68-47(14-10-23-65-56(64)80)53(76)67-41-18-16-39(17-19-41)29-82-58(81)72(6)25-26-83-62-33-59(4)30-60(5,34-62)32-61(31-59,35-62)36-74-38(3)44(27-66-74)42-20-21-49(70-51(42)55(78)79)73-24-22-40-11-9-12-43(45(40)28-73)52(75)71-57-69-46-13-7-8-15-48(46)84-57/h7-9,11-13,15-21,27,37,47,50H,10,14,22-26,28-36,63H2,1-6H3,(H,67,76)(H,68,77)(H,78,79)(H3,64,65,80)(H,69,71,75)/t47-,50-,59?,60?,61?,62?/m0/s1. The smallest absolute Gasteiger partial charge is 0.409 e. The van der Waals surface area contributed by atoms with Crippen LogP contribution in [0, 0.1) is 29.1 Å². The van der Waals surface area contributed by atoms with E-state index in [0.29, 0.717) is 84.5 Å². The number of nitrogens with two attached hydrogens (primary N) is 2. The number of rotatable bonds is 22. The van der Waals surface area contributed by atoms with Gasteiger partial charge in [0, 0.05) is 67.8 Å². The number of hydrogen-bond donors (Lipinski definition) is 7. The van der Waals surface area contributed by atoms with Gasteiger partial charge in [0.15, 0.2) is 10.8 Å². The molecular weight excluding hydrogens is 1090 g/mol. The van der Waals surface area contributed by atoms with Crippen molar-refractivity contribution in [1.82, 2.24) is 35.3 Å². The van der Waals surface area contributed by atoms with Gasteiger partial charge in [0.1, 0.15) is 18.5 Å². The topological polar surface area (TPSA) is 291 Å². The van der Waals surface area contributed by atoms with E-state index >= 15 is 0 Å². The van der Waals surface area contributed by atoms with Crippen molar-refractivity contribution in [3.63, 3.8) is 0 Å². The molecule has 0 spiro atoms. The molecule has 11 rings (SSSR count). The molecule has 0 saturated heterocycles. The van der Waals surface area contributed by atoms with Crippen LogP contribution >= 0.6 is 11.3 Å². The van der Waals surface area contributed by atoms with Crippen LogP contribution in [0.25, 0.3) is 21.3 Å². The molecule has 1 aliphatic heterocycles. The minimum absolute atomic E-state index is 0.000825. The zero-order chi connectivity index (χ0) is 59.7. The summed E-state index contributed by atoms with van der Waals surface area (Å²) in [4.78, 5) is 90.4. The van der Waals surface area contributed by atoms with Crippen molar-refractivity contribution in [1.29, 1.82) is 0 Å². The number of urea groups is 1. The first-order valence-corrected chi connectivity index (χ1v) is 29.6. The van der Waals surface area contributed by atoms with Crippen molar-refractivity contribution in [2.75, 3.05) is 48.8 Å². The number of aromatic carboxylic acids is 1. The van der Waals surface area contributed by atoms with E-state index < -0.39 is 47.6 Å². The SMILES string of the molecule is Cc1c(-c2ccc(N3CCc4cccc(C(=O)Nc5nc6ccccc6s5)c4C3)nc2C(=O)O)cnn1CC12CC3(C)CC(C)(C1)CC(OCCN(C)C(=O)OCc1ccc(NC(=O)[C@H](CCCNC(N)=O)NC(=O)[C@@H](N)C(C)C)cc1)(C3)C2. The molecule has 4 saturated carbocycles. The van der Waals surface area contributed by atoms with Crippen LogP contribution in [-0.2, 0) is 45.2 Å². The lowest BCUT2D eigenvalue weighted by Crippen LogP contribution is -2.64. The van der Waals surface area contributed by atoms with Gasteiger partial charge >= 0.3 is 18.1 Å². The highest BCUT2D eigenvalue weighted by Crippen LogP contribution is 2.72. The Bertz CT molecular complexity index is 3440. The summed E-state index contributed by atoms with van der Waals surface area (Å²) in [5, 5.41) is 27.2. The highest BCUT2D eigenvalue weighted by Gasteiger charge is 2.66. The summed E-state index contributed by atoms with van der Waals surface area (Å²) in [6.07, 6.45) is 8.33. The number of thiazole rings is 1. The van der Waals surface area contributed by atoms with E-state index in [1.54, 1.807) is 37.5 Å². The molecule has 21 nitrogen and oxygen atoms in total. The zero-order valence-electron chi connectivity index (χ0n) is 48.6. The molecule has 4 bridgehead atoms. The number of ether oxygens (including phenoxy) is 2. The molecule has 4 heterocycles. The second-order valence-corrected chi connectivity index (χ2v) is 25.9. The van der Waals surface area contributed by atoms with Crippen molar-refractivity contribution in [2.24, 2.45) is 33.6 Å². The Morgan fingerprint density at radius 3 is 2.33 bits per heavy atom. The molecule has 5 aliphatic rings. The van der Waals surface area contributed by atoms with Crippen molar-refractivity contribution in [2.45, 2.75) is 130 Å². The number of carboxylic acid groups (broad SMARTS) is 1. The summed E-state index contributed by atoms with van der Waals surface area (Å²) >= 11 is 1.42. The molecule has 2 unspecified atom stereocenters. The molecule has 4 atom stereocenters. The second-order valence-electron chi connectivity index (χ2n) is 24.9. The van der Waals surface area contributed by atoms with E-state index in [1.807, 2.05) is 85.0 Å². The van der Waals surface area contributed by atoms with Crippen LogP contribution in [0.3, 0.4) is 0 Å². The summed E-state index contributed by atoms with van der Waals surface area (Å²) in [5.74, 6) is -1.93. The van der Waals surface area contributed by atoms with Gasteiger partial charge in [-0.25, -0.2) is 24.4 Å². The minimum atomic E-state index is -1.14. The molecule has 4 fully saturated rings. The number of nitrogens with zero attached hydrogens (tertiary/aromatic N) is 6. The highest BCUT2D eigenvalue weighted by atomic mass is 32.1. The molecule has 6 amide bonds. The van der Waals surface area contributed by atoms with Crippen molar-refractivity contribution in [3.05, 3.63) is 119 Å². The minimum Gasteiger partial charge on any atom is -0.476 e. The fourth-order valence-corrected chi connectivity index (χ4v) is 15.3. The summed E-state index contributed by atoms with van der Waals surface area (Å²) < 4.78 is 15.7. The number of nitrogens with one attached hydrogen (secondary N) is 4. The Morgan fingerprint density at radius 1 is 0.869 bits per heavy atom. The van der Waals surface area contributed by atoms with Gasteiger partial charge in [0.2, 0.25) is 11.8 Å². The molecule has 84 heavy (non-hydrogen) atoms. The van der Waals surface area contributed by atoms with Gasteiger partial charge in [-0.15, -0.1) is 0 Å². The third-order valence-electron chi connectivity index (χ3n) is 17.3. The number of primary amides is 1. The van der Waals surface area contributed by atoms with Gasteiger partial charge in [-0.2, -0.15) is 5.10 Å².